The van der Waals surface area contributed by atoms with Crippen molar-refractivity contribution in [1.82, 2.24) is 19.8 Å². The van der Waals surface area contributed by atoms with E-state index in [1.54, 1.807) is 17.8 Å². The van der Waals surface area contributed by atoms with E-state index in [4.69, 9.17) is 11.6 Å². The Labute approximate surface area is 375 Å². The Morgan fingerprint density at radius 1 is 0.921 bits per heavy atom. The second kappa shape index (κ2) is 19.7. The Morgan fingerprint density at radius 2 is 1.68 bits per heavy atom. The molecule has 2 saturated heterocycles. The number of carboxylic acids is 1. The normalized spacial score (nSPS) is 16.5. The molecule has 17 heteroatoms. The number of piperazine rings is 1. The molecule has 2 fully saturated rings. The van der Waals surface area contributed by atoms with Gasteiger partial charge >= 0.3 is 5.97 Å². The number of likely N-dealkylation sites (tertiary alicyclic amines) is 1. The molecule has 0 radical (unpaired) electrons. The number of nitrogens with one attached hydrogen (secondary N) is 2. The van der Waals surface area contributed by atoms with Crippen molar-refractivity contribution in [2.45, 2.75) is 47.7 Å². The van der Waals surface area contributed by atoms with Gasteiger partial charge in [0.05, 0.1) is 15.3 Å². The Morgan fingerprint density at radius 3 is 2.44 bits per heavy atom. The van der Waals surface area contributed by atoms with Crippen LogP contribution in [-0.4, -0.2) is 101 Å². The van der Waals surface area contributed by atoms with Crippen molar-refractivity contribution < 1.29 is 23.2 Å². The highest BCUT2D eigenvalue weighted by Gasteiger charge is 2.31. The molecule has 2 aliphatic heterocycles. The van der Waals surface area contributed by atoms with E-state index in [1.807, 2.05) is 71.6 Å². The molecule has 6 aromatic rings. The maximum absolute atomic E-state index is 13.8. The van der Waals surface area contributed by atoms with Gasteiger partial charge in [0.2, 0.25) is 0 Å². The number of nitrogens with zero attached hydrogens (tertiary/aromatic N) is 6. The Kier molecular flexibility index (Phi) is 13.7. The number of thioether (sulfide) groups is 1. The molecule has 14 nitrogen and oxygen atoms in total. The second-order valence-electron chi connectivity index (χ2n) is 15.7. The van der Waals surface area contributed by atoms with Crippen LogP contribution in [-0.2, 0) is 21.4 Å². The lowest BCUT2D eigenvalue weighted by Gasteiger charge is -2.36. The first kappa shape index (κ1) is 43.9. The molecule has 3 heterocycles. The van der Waals surface area contributed by atoms with Crippen LogP contribution in [0, 0.1) is 10.1 Å². The van der Waals surface area contributed by atoms with E-state index in [9.17, 15) is 28.4 Å². The van der Waals surface area contributed by atoms with Gasteiger partial charge in [0.25, 0.3) is 15.7 Å². The number of halogens is 1. The molecule has 3 N–H and O–H groups in total. The monoisotopic (exact) mass is 906 g/mol. The summed E-state index contributed by atoms with van der Waals surface area (Å²) in [7, 11) is -4.33. The van der Waals surface area contributed by atoms with Gasteiger partial charge in [-0.3, -0.25) is 29.4 Å². The number of fused-ring (bicyclic) bond motifs is 1. The van der Waals surface area contributed by atoms with Gasteiger partial charge in [-0.25, -0.2) is 18.4 Å². The zero-order valence-electron chi connectivity index (χ0n) is 34.3. The van der Waals surface area contributed by atoms with Crippen molar-refractivity contribution in [2.24, 2.45) is 0 Å². The topological polar surface area (TPSA) is 174 Å². The summed E-state index contributed by atoms with van der Waals surface area (Å²) in [5.41, 5.74) is 4.83. The van der Waals surface area contributed by atoms with Gasteiger partial charge in [-0.1, -0.05) is 66.2 Å². The molecule has 8 rings (SSSR count). The van der Waals surface area contributed by atoms with Gasteiger partial charge in [-0.05, 0) is 97.1 Å². The zero-order valence-corrected chi connectivity index (χ0v) is 36.7. The number of nitro benzene ring substituents is 1. The van der Waals surface area contributed by atoms with E-state index in [0.717, 1.165) is 61.4 Å². The number of benzene rings is 5. The lowest BCUT2D eigenvalue weighted by atomic mass is 9.99. The van der Waals surface area contributed by atoms with Crippen LogP contribution in [0.25, 0.3) is 22.0 Å². The lowest BCUT2D eigenvalue weighted by Crippen LogP contribution is -2.46. The summed E-state index contributed by atoms with van der Waals surface area (Å²) < 4.78 is 30.2. The second-order valence-corrected chi connectivity index (χ2v) is 18.9. The van der Waals surface area contributed by atoms with Gasteiger partial charge in [-0.2, -0.15) is 0 Å². The number of aliphatic carboxylic acids is 1. The number of hydrogen-bond donors (Lipinski definition) is 3. The molecule has 0 saturated carbocycles. The highest BCUT2D eigenvalue weighted by molar-refractivity contribution is 7.99. The van der Waals surface area contributed by atoms with Crippen LogP contribution in [0.2, 0.25) is 5.02 Å². The number of anilines is 3. The zero-order chi connectivity index (χ0) is 43.9. The van der Waals surface area contributed by atoms with Crippen LogP contribution in [0.15, 0.2) is 131 Å². The number of sulfonamides is 1. The summed E-state index contributed by atoms with van der Waals surface area (Å²) in [6.07, 6.45) is 3.18. The van der Waals surface area contributed by atoms with Crippen LogP contribution in [0.1, 0.15) is 24.8 Å². The fourth-order valence-electron chi connectivity index (χ4n) is 8.26. The summed E-state index contributed by atoms with van der Waals surface area (Å²) in [6, 6.07) is 34.6. The number of aromatic nitrogens is 2. The van der Waals surface area contributed by atoms with Gasteiger partial charge in [0.15, 0.2) is 5.82 Å². The predicted octanol–water partition coefficient (Wildman–Crippen LogP) is 8.49. The number of hydrogen-bond acceptors (Lipinski definition) is 12. The van der Waals surface area contributed by atoms with Crippen LogP contribution < -0.4 is 14.9 Å². The third-order valence-corrected chi connectivity index (χ3v) is 14.4. The van der Waals surface area contributed by atoms with Crippen molar-refractivity contribution in [2.75, 3.05) is 60.0 Å². The summed E-state index contributed by atoms with van der Waals surface area (Å²) in [5.74, 6) is -0.264. The first-order valence-corrected chi connectivity index (χ1v) is 23.6. The van der Waals surface area contributed by atoms with E-state index >= 15 is 0 Å². The first-order valence-electron chi connectivity index (χ1n) is 20.8. The van der Waals surface area contributed by atoms with Crippen LogP contribution in [0.5, 0.6) is 0 Å². The standard InChI is InChI=1S/C46H47ClN8O6S2/c47-34-14-12-32(13-15-34)39-10-5-4-7-33(39)29-52-23-25-53(26-24-52)36-16-18-40-42(27-36)48-31-49-45(40)51-63(60,61)38-17-19-41(44(28-38)55(58)59)50-35(30-62-37-8-2-1-3-9-37)20-22-54-21-6-11-43(54)46(56)57/h1-5,7-10,12-19,27-28,31,35,43,50H,6,11,20-26,29-30H2,(H,56,57)(H,48,49,51). The molecular formula is C46H47ClN8O6S2. The van der Waals surface area contributed by atoms with Crippen molar-refractivity contribution >= 4 is 73.1 Å². The fourth-order valence-corrected chi connectivity index (χ4v) is 10.4. The van der Waals surface area contributed by atoms with Gasteiger partial charge < -0.3 is 15.3 Å². The van der Waals surface area contributed by atoms with E-state index in [0.29, 0.717) is 47.6 Å². The Balaban J connectivity index is 0.940. The third-order valence-electron chi connectivity index (χ3n) is 11.6. The summed E-state index contributed by atoms with van der Waals surface area (Å²) in [5, 5.41) is 26.6. The molecule has 0 amide bonds. The number of nitro groups is 1. The average molecular weight is 908 g/mol. The summed E-state index contributed by atoms with van der Waals surface area (Å²) in [4.78, 5) is 39.8. The molecule has 1 aromatic heterocycles. The highest BCUT2D eigenvalue weighted by Crippen LogP contribution is 2.33. The van der Waals surface area contributed by atoms with E-state index in [1.165, 1.54) is 29.6 Å². The van der Waals surface area contributed by atoms with Gasteiger partial charge in [0, 0.05) is 78.1 Å². The third kappa shape index (κ3) is 10.7. The average Bonchev–Trinajstić information content (AvgIpc) is 3.78. The largest absolute Gasteiger partial charge is 0.480 e. The van der Waals surface area contributed by atoms with Crippen LogP contribution >= 0.6 is 23.4 Å². The van der Waals surface area contributed by atoms with Crippen LogP contribution in [0.3, 0.4) is 0 Å². The molecule has 2 unspecified atom stereocenters. The summed E-state index contributed by atoms with van der Waals surface area (Å²) >= 11 is 7.72. The van der Waals surface area contributed by atoms with Crippen molar-refractivity contribution in [1.29, 1.82) is 0 Å². The minimum absolute atomic E-state index is 0.0557. The van der Waals surface area contributed by atoms with E-state index in [2.05, 4.69) is 54.1 Å². The molecular weight excluding hydrogens is 860 g/mol. The van der Waals surface area contributed by atoms with Crippen molar-refractivity contribution in [3.63, 3.8) is 0 Å². The van der Waals surface area contributed by atoms with Gasteiger partial charge in [0.1, 0.15) is 18.1 Å². The molecule has 326 valence electrons. The lowest BCUT2D eigenvalue weighted by molar-refractivity contribution is -0.384. The number of rotatable bonds is 17. The Hall–Kier alpha value is -5.78. The van der Waals surface area contributed by atoms with E-state index < -0.39 is 32.6 Å². The summed E-state index contributed by atoms with van der Waals surface area (Å²) in [6.45, 7) is 5.24. The van der Waals surface area contributed by atoms with E-state index in [-0.39, 0.29) is 22.4 Å². The number of carbonyl (C=O) groups is 1. The quantitative estimate of drug-likeness (QED) is 0.0452. The smallest absolute Gasteiger partial charge is 0.320 e. The molecule has 5 aromatic carbocycles. The Bertz CT molecular complexity index is 2690. The minimum atomic E-state index is -4.33. The van der Waals surface area contributed by atoms with Crippen molar-refractivity contribution in [3.8, 4) is 11.1 Å². The number of carboxylic acid groups (broad SMARTS) is 1. The molecule has 2 aliphatic rings. The maximum atomic E-state index is 13.8. The highest BCUT2D eigenvalue weighted by atomic mass is 35.5. The SMILES string of the molecule is O=C(O)C1CCCN1CCC(CSc1ccccc1)Nc1ccc(S(=O)(=O)Nc2ncnc3cc(N4CCN(Cc5ccccc5-c5ccc(Cl)cc5)CC4)ccc23)cc1[N+](=O)[O-]. The molecule has 2 atom stereocenters. The predicted molar refractivity (Wildman–Crippen MR) is 249 cm³/mol. The minimum Gasteiger partial charge on any atom is -0.480 e. The maximum Gasteiger partial charge on any atom is 0.320 e. The molecule has 0 spiro atoms. The molecule has 63 heavy (non-hydrogen) atoms. The van der Waals surface area contributed by atoms with Crippen LogP contribution in [0.4, 0.5) is 22.9 Å². The fraction of sp³-hybridized carbons (Fsp3) is 0.283. The first-order chi connectivity index (χ1) is 30.5. The molecule has 0 bridgehead atoms. The van der Waals surface area contributed by atoms with Crippen molar-refractivity contribution in [3.05, 3.63) is 142 Å². The van der Waals surface area contributed by atoms with Gasteiger partial charge in [-0.15, -0.1) is 11.8 Å². The molecule has 0 aliphatic carbocycles.